The van der Waals surface area contributed by atoms with Gasteiger partial charge in [0, 0.05) is 56.8 Å². The topological polar surface area (TPSA) is 89.1 Å². The Morgan fingerprint density at radius 3 is 2.46 bits per heavy atom. The molecule has 2 aliphatic heterocycles. The van der Waals surface area contributed by atoms with Gasteiger partial charge in [0.1, 0.15) is 11.4 Å². The molecule has 2 saturated heterocycles. The van der Waals surface area contributed by atoms with Gasteiger partial charge in [-0.05, 0) is 92.4 Å². The molecule has 0 radical (unpaired) electrons. The quantitative estimate of drug-likeness (QED) is 0.181. The summed E-state index contributed by atoms with van der Waals surface area (Å²) in [5, 5.41) is 2.86. The van der Waals surface area contributed by atoms with Crippen molar-refractivity contribution in [2.75, 3.05) is 50.0 Å². The molecule has 2 aliphatic rings. The summed E-state index contributed by atoms with van der Waals surface area (Å²) >= 11 is 2.77. The summed E-state index contributed by atoms with van der Waals surface area (Å²) < 4.78 is 12.5. The van der Waals surface area contributed by atoms with Gasteiger partial charge in [-0.15, -0.1) is 0 Å². The molecule has 2 aromatic rings. The van der Waals surface area contributed by atoms with Crippen LogP contribution >= 0.6 is 34.4 Å². The highest BCUT2D eigenvalue weighted by atomic mass is 127. The molecule has 0 spiro atoms. The number of thioether (sulfide) groups is 1. The fraction of sp³-hybridized carbons (Fsp3) is 0.481. The Morgan fingerprint density at radius 1 is 1.15 bits per heavy atom. The molecule has 4 amide bonds. The lowest BCUT2D eigenvalue weighted by Crippen LogP contribution is -2.45. The highest BCUT2D eigenvalue weighted by Gasteiger charge is 2.51. The van der Waals surface area contributed by atoms with E-state index in [1.807, 2.05) is 0 Å². The molecule has 4 rings (SSSR count). The fourth-order valence-electron chi connectivity index (χ4n) is 4.56. The zero-order valence-corrected chi connectivity index (χ0v) is 25.6. The number of alkyl halides is 2. The van der Waals surface area contributed by atoms with Crippen molar-refractivity contribution in [1.82, 2.24) is 19.7 Å². The van der Waals surface area contributed by atoms with Gasteiger partial charge in [0.25, 0.3) is 5.91 Å². The van der Waals surface area contributed by atoms with Crippen molar-refractivity contribution in [3.8, 4) is 0 Å². The molecule has 9 nitrogen and oxygen atoms in total. The van der Waals surface area contributed by atoms with Crippen molar-refractivity contribution in [3.05, 3.63) is 48.2 Å². The van der Waals surface area contributed by atoms with Gasteiger partial charge in [0.15, 0.2) is 0 Å². The largest absolute Gasteiger partial charge is 0.332 e. The number of carbonyl (C=O) groups excluding carboxylic acids is 3. The summed E-state index contributed by atoms with van der Waals surface area (Å²) in [6, 6.07) is 9.77. The van der Waals surface area contributed by atoms with Crippen LogP contribution in [0.3, 0.4) is 0 Å². The number of halogens is 2. The first-order valence-electron chi connectivity index (χ1n) is 12.8. The Morgan fingerprint density at radius 2 is 1.82 bits per heavy atom. The lowest BCUT2D eigenvalue weighted by Gasteiger charge is -2.32. The van der Waals surface area contributed by atoms with E-state index in [1.165, 1.54) is 11.8 Å². The summed E-state index contributed by atoms with van der Waals surface area (Å²) in [5.74, 6) is -0.0508. The van der Waals surface area contributed by atoms with Gasteiger partial charge in [0.2, 0.25) is 8.91 Å². The first-order valence-corrected chi connectivity index (χ1v) is 14.7. The van der Waals surface area contributed by atoms with E-state index >= 15 is 0 Å². The van der Waals surface area contributed by atoms with E-state index < -0.39 is 14.6 Å². The van der Waals surface area contributed by atoms with Crippen LogP contribution in [0.5, 0.6) is 0 Å². The van der Waals surface area contributed by atoms with Gasteiger partial charge in [-0.25, -0.2) is 19.1 Å². The number of benzene rings is 1. The molecule has 0 aliphatic carbocycles. The summed E-state index contributed by atoms with van der Waals surface area (Å²) in [4.78, 5) is 51.5. The van der Waals surface area contributed by atoms with Crippen LogP contribution in [0, 0.1) is 0 Å². The third kappa shape index (κ3) is 7.47. The summed E-state index contributed by atoms with van der Waals surface area (Å²) in [6.07, 6.45) is 1.96. The number of carbonyl (C=O) groups is 3. The Kier molecular flexibility index (Phi) is 9.19. The van der Waals surface area contributed by atoms with E-state index in [4.69, 9.17) is 0 Å². The van der Waals surface area contributed by atoms with Crippen molar-refractivity contribution in [3.63, 3.8) is 0 Å². The number of anilines is 2. The second kappa shape index (κ2) is 12.1. The Balaban J connectivity index is 1.40. The zero-order chi connectivity index (χ0) is 28.4. The van der Waals surface area contributed by atoms with Crippen LogP contribution in [0.1, 0.15) is 32.8 Å². The zero-order valence-electron chi connectivity index (χ0n) is 22.6. The minimum atomic E-state index is -1.47. The van der Waals surface area contributed by atoms with Crippen LogP contribution in [-0.2, 0) is 16.1 Å². The molecular formula is C27H34FIN6O3S. The van der Waals surface area contributed by atoms with Crippen molar-refractivity contribution in [2.45, 2.75) is 47.2 Å². The number of pyridine rings is 1. The molecule has 1 atom stereocenters. The second-order valence-corrected chi connectivity index (χ2v) is 14.7. The number of hydrogen-bond donors (Lipinski definition) is 1. The third-order valence-corrected chi connectivity index (χ3v) is 8.43. The van der Waals surface area contributed by atoms with E-state index in [1.54, 1.807) is 79.0 Å². The van der Waals surface area contributed by atoms with Crippen LogP contribution in [0.2, 0.25) is 0 Å². The van der Waals surface area contributed by atoms with Gasteiger partial charge >= 0.3 is 6.03 Å². The van der Waals surface area contributed by atoms with Gasteiger partial charge in [-0.1, -0.05) is 11.8 Å². The van der Waals surface area contributed by atoms with Crippen LogP contribution in [-0.4, -0.2) is 85.8 Å². The molecule has 12 heteroatoms. The van der Waals surface area contributed by atoms with E-state index in [2.05, 4.69) is 27.1 Å². The summed E-state index contributed by atoms with van der Waals surface area (Å²) in [5.41, 5.74) is 0.0906. The number of rotatable bonds is 9. The van der Waals surface area contributed by atoms with Crippen molar-refractivity contribution < 1.29 is 18.8 Å². The van der Waals surface area contributed by atoms with E-state index in [9.17, 15) is 18.8 Å². The van der Waals surface area contributed by atoms with Crippen molar-refractivity contribution in [1.29, 1.82) is 0 Å². The maximum absolute atomic E-state index is 14.0. The second-order valence-electron chi connectivity index (χ2n) is 10.5. The number of urea groups is 1. The van der Waals surface area contributed by atoms with Gasteiger partial charge in [-0.3, -0.25) is 9.59 Å². The van der Waals surface area contributed by atoms with Crippen LogP contribution < -0.4 is 10.2 Å². The first kappa shape index (κ1) is 29.7. The van der Waals surface area contributed by atoms with Gasteiger partial charge in [-0.2, -0.15) is 0 Å². The molecule has 1 N–H and O–H groups in total. The SMILES string of the molecule is CN1CCN(CCC(=O)Nc2cc(CN3C(=O)N(c4ccc(SC(C)(F)I)cc4)C(=O)C3(C)C)ccn2)CC1. The van der Waals surface area contributed by atoms with Crippen molar-refractivity contribution >= 4 is 63.7 Å². The molecule has 1 unspecified atom stereocenters. The number of hydrogen-bond acceptors (Lipinski definition) is 7. The number of imide groups is 1. The first-order chi connectivity index (χ1) is 18.3. The number of piperazine rings is 1. The minimum Gasteiger partial charge on any atom is -0.311 e. The maximum atomic E-state index is 14.0. The number of amides is 4. The lowest BCUT2D eigenvalue weighted by molar-refractivity contribution is -0.123. The van der Waals surface area contributed by atoms with Crippen LogP contribution in [0.15, 0.2) is 47.5 Å². The monoisotopic (exact) mass is 668 g/mol. The molecule has 3 heterocycles. The van der Waals surface area contributed by atoms with E-state index in [0.717, 1.165) is 48.4 Å². The van der Waals surface area contributed by atoms with Crippen LogP contribution in [0.4, 0.5) is 20.7 Å². The summed E-state index contributed by atoms with van der Waals surface area (Å²) in [7, 11) is 2.10. The Bertz CT molecular complexity index is 1210. The molecule has 210 valence electrons. The van der Waals surface area contributed by atoms with Gasteiger partial charge in [0.05, 0.1) is 5.69 Å². The fourth-order valence-corrected chi connectivity index (χ4v) is 6.01. The predicted molar refractivity (Wildman–Crippen MR) is 160 cm³/mol. The van der Waals surface area contributed by atoms with E-state index in [-0.39, 0.29) is 18.4 Å². The highest BCUT2D eigenvalue weighted by molar-refractivity contribution is 14.1. The predicted octanol–water partition coefficient (Wildman–Crippen LogP) is 4.58. The summed E-state index contributed by atoms with van der Waals surface area (Å²) in [6.45, 7) is 9.65. The molecule has 39 heavy (non-hydrogen) atoms. The maximum Gasteiger partial charge on any atom is 0.332 e. The average Bonchev–Trinajstić information content (AvgIpc) is 3.03. The Labute approximate surface area is 246 Å². The van der Waals surface area contributed by atoms with E-state index in [0.29, 0.717) is 29.4 Å². The lowest BCUT2D eigenvalue weighted by atomic mass is 10.0. The normalized spacial score (nSPS) is 19.8. The average molecular weight is 669 g/mol. The Hall–Kier alpha value is -2.29. The molecule has 0 bridgehead atoms. The minimum absolute atomic E-state index is 0.116. The number of nitrogens with zero attached hydrogens (tertiary/aromatic N) is 5. The van der Waals surface area contributed by atoms with Gasteiger partial charge < -0.3 is 20.0 Å². The number of aromatic nitrogens is 1. The molecule has 1 aromatic heterocycles. The number of likely N-dealkylation sites (N-methyl/N-ethyl adjacent to an activating group) is 1. The highest BCUT2D eigenvalue weighted by Crippen LogP contribution is 2.40. The molecular weight excluding hydrogens is 634 g/mol. The van der Waals surface area contributed by atoms with Crippen LogP contribution in [0.25, 0.3) is 0 Å². The molecule has 1 aromatic carbocycles. The van der Waals surface area contributed by atoms with Crippen molar-refractivity contribution in [2.24, 2.45) is 0 Å². The smallest absolute Gasteiger partial charge is 0.311 e. The third-order valence-electron chi connectivity index (χ3n) is 6.90. The number of nitrogens with one attached hydrogen (secondary N) is 1. The molecule has 0 saturated carbocycles. The standard InChI is InChI=1S/C27H34FIN6O3S/c1-26(2)24(37)35(20-5-7-21(8-6-20)39-27(3,28)29)25(38)34(26)18-19-9-11-30-22(17-19)31-23(36)10-12-33-15-13-32(4)14-16-33/h5-9,11,17H,10,12-16,18H2,1-4H3,(H,30,31,36). The molecule has 2 fully saturated rings.